The van der Waals surface area contributed by atoms with E-state index in [0.29, 0.717) is 5.69 Å². The van der Waals surface area contributed by atoms with Crippen LogP contribution in [0.4, 0.5) is 17.2 Å². The Balaban J connectivity index is 1.98. The van der Waals surface area contributed by atoms with Crippen molar-refractivity contribution in [3.05, 3.63) is 76.6 Å². The summed E-state index contributed by atoms with van der Waals surface area (Å²) in [6, 6.07) is 15.8. The van der Waals surface area contributed by atoms with Crippen LogP contribution in [0.5, 0.6) is 0 Å². The Morgan fingerprint density at radius 3 is 2.57 bits per heavy atom. The van der Waals surface area contributed by atoms with E-state index in [0.717, 1.165) is 16.7 Å². The van der Waals surface area contributed by atoms with Crippen molar-refractivity contribution in [3.8, 4) is 0 Å². The van der Waals surface area contributed by atoms with Crippen LogP contribution in [0.3, 0.4) is 0 Å². The van der Waals surface area contributed by atoms with E-state index in [1.807, 2.05) is 30.3 Å². The Kier molecular flexibility index (Phi) is 6.18. The Morgan fingerprint density at radius 2 is 1.86 bits per heavy atom. The van der Waals surface area contributed by atoms with Crippen molar-refractivity contribution < 1.29 is 14.5 Å². The first-order valence-electron chi connectivity index (χ1n) is 8.35. The van der Waals surface area contributed by atoms with Crippen LogP contribution in [0, 0.1) is 10.1 Å². The Bertz CT molecular complexity index is 998. The molecule has 0 atom stereocenters. The maximum absolute atomic E-state index is 12.1. The first-order chi connectivity index (χ1) is 13.6. The van der Waals surface area contributed by atoms with Crippen molar-refractivity contribution >= 4 is 34.9 Å². The van der Waals surface area contributed by atoms with Crippen molar-refractivity contribution in [1.29, 1.82) is 0 Å². The summed E-state index contributed by atoms with van der Waals surface area (Å²) in [5.41, 5.74) is 0.350. The van der Waals surface area contributed by atoms with Gasteiger partial charge in [0.25, 0.3) is 0 Å². The lowest BCUT2D eigenvalue weighted by Gasteiger charge is -2.11. The molecule has 3 rings (SSSR count). The SMILES string of the molecule is CCOC(=O)c1ccccc1Nc1ncnc(Sc2ccccc2)c1[N+](=O)[O-]. The van der Waals surface area contributed by atoms with Crippen LogP contribution in [0.25, 0.3) is 0 Å². The van der Waals surface area contributed by atoms with Crippen LogP contribution >= 0.6 is 11.8 Å². The van der Waals surface area contributed by atoms with Crippen molar-refractivity contribution in [2.75, 3.05) is 11.9 Å². The average Bonchev–Trinajstić information content (AvgIpc) is 2.69. The molecule has 1 N–H and O–H groups in total. The number of nitro groups is 1. The van der Waals surface area contributed by atoms with E-state index in [-0.39, 0.29) is 28.7 Å². The van der Waals surface area contributed by atoms with Crippen LogP contribution in [-0.4, -0.2) is 27.5 Å². The van der Waals surface area contributed by atoms with E-state index in [4.69, 9.17) is 4.74 Å². The minimum Gasteiger partial charge on any atom is -0.462 e. The zero-order chi connectivity index (χ0) is 19.9. The van der Waals surface area contributed by atoms with Crippen LogP contribution < -0.4 is 5.32 Å². The molecule has 0 bridgehead atoms. The zero-order valence-corrected chi connectivity index (χ0v) is 15.7. The lowest BCUT2D eigenvalue weighted by Crippen LogP contribution is -2.09. The summed E-state index contributed by atoms with van der Waals surface area (Å²) >= 11 is 1.16. The van der Waals surface area contributed by atoms with Crippen LogP contribution in [-0.2, 0) is 4.74 Å². The third-order valence-electron chi connectivity index (χ3n) is 3.60. The number of carbonyl (C=O) groups is 1. The van der Waals surface area contributed by atoms with Crippen LogP contribution in [0.15, 0.2) is 70.8 Å². The summed E-state index contributed by atoms with van der Waals surface area (Å²) in [6.07, 6.45) is 1.24. The van der Waals surface area contributed by atoms with E-state index in [1.165, 1.54) is 6.33 Å². The van der Waals surface area contributed by atoms with Gasteiger partial charge in [0.05, 0.1) is 22.8 Å². The van der Waals surface area contributed by atoms with Gasteiger partial charge in [0.2, 0.25) is 5.82 Å². The van der Waals surface area contributed by atoms with Crippen molar-refractivity contribution in [2.24, 2.45) is 0 Å². The molecular weight excluding hydrogens is 380 g/mol. The highest BCUT2D eigenvalue weighted by atomic mass is 32.2. The summed E-state index contributed by atoms with van der Waals surface area (Å²) in [4.78, 5) is 32.2. The molecule has 0 aliphatic carbocycles. The summed E-state index contributed by atoms with van der Waals surface area (Å²) < 4.78 is 5.04. The fourth-order valence-electron chi connectivity index (χ4n) is 2.40. The lowest BCUT2D eigenvalue weighted by molar-refractivity contribution is -0.387. The highest BCUT2D eigenvalue weighted by molar-refractivity contribution is 7.99. The molecule has 0 radical (unpaired) electrons. The van der Waals surface area contributed by atoms with Crippen LogP contribution in [0.2, 0.25) is 0 Å². The summed E-state index contributed by atoms with van der Waals surface area (Å²) in [7, 11) is 0. The molecule has 142 valence electrons. The molecular formula is C19H16N4O4S. The largest absolute Gasteiger partial charge is 0.462 e. The number of rotatable bonds is 7. The molecule has 2 aromatic carbocycles. The molecule has 1 aromatic heterocycles. The predicted molar refractivity (Wildman–Crippen MR) is 105 cm³/mol. The predicted octanol–water partition coefficient (Wildman–Crippen LogP) is 4.46. The van der Waals surface area contributed by atoms with Gasteiger partial charge < -0.3 is 10.1 Å². The van der Waals surface area contributed by atoms with E-state index in [2.05, 4.69) is 15.3 Å². The van der Waals surface area contributed by atoms with E-state index >= 15 is 0 Å². The number of anilines is 2. The average molecular weight is 396 g/mol. The minimum absolute atomic E-state index is 0.00446. The maximum atomic E-state index is 12.1. The quantitative estimate of drug-likeness (QED) is 0.270. The molecule has 0 fully saturated rings. The molecule has 28 heavy (non-hydrogen) atoms. The number of esters is 1. The molecule has 0 spiro atoms. The van der Waals surface area contributed by atoms with Crippen molar-refractivity contribution in [1.82, 2.24) is 9.97 Å². The van der Waals surface area contributed by atoms with E-state index in [1.54, 1.807) is 31.2 Å². The molecule has 0 saturated heterocycles. The monoisotopic (exact) mass is 396 g/mol. The first-order valence-corrected chi connectivity index (χ1v) is 9.17. The van der Waals surface area contributed by atoms with Gasteiger partial charge in [0, 0.05) is 4.90 Å². The fraction of sp³-hybridized carbons (Fsp3) is 0.105. The topological polar surface area (TPSA) is 107 Å². The first kappa shape index (κ1) is 19.3. The number of hydrogen-bond donors (Lipinski definition) is 1. The fourth-order valence-corrected chi connectivity index (χ4v) is 3.28. The Morgan fingerprint density at radius 1 is 1.14 bits per heavy atom. The summed E-state index contributed by atoms with van der Waals surface area (Å²) in [5, 5.41) is 14.8. The number of aromatic nitrogens is 2. The number of benzene rings is 2. The van der Waals surface area contributed by atoms with E-state index < -0.39 is 10.9 Å². The number of nitrogens with zero attached hydrogens (tertiary/aromatic N) is 3. The van der Waals surface area contributed by atoms with E-state index in [9.17, 15) is 14.9 Å². The maximum Gasteiger partial charge on any atom is 0.343 e. The van der Waals surface area contributed by atoms with Gasteiger partial charge in [-0.25, -0.2) is 14.8 Å². The molecule has 0 aliphatic rings. The molecule has 9 heteroatoms. The molecule has 3 aromatic rings. The lowest BCUT2D eigenvalue weighted by atomic mass is 10.2. The number of ether oxygens (including phenoxy) is 1. The van der Waals surface area contributed by atoms with Crippen molar-refractivity contribution in [3.63, 3.8) is 0 Å². The normalized spacial score (nSPS) is 10.3. The Labute approximate surface area is 165 Å². The summed E-state index contributed by atoms with van der Waals surface area (Å²) in [6.45, 7) is 1.93. The van der Waals surface area contributed by atoms with Gasteiger partial charge in [0.1, 0.15) is 6.33 Å². The van der Waals surface area contributed by atoms with Gasteiger partial charge in [-0.15, -0.1) is 0 Å². The molecule has 0 amide bonds. The molecule has 1 heterocycles. The van der Waals surface area contributed by atoms with Gasteiger partial charge in [-0.1, -0.05) is 42.1 Å². The standard InChI is InChI=1S/C19H16N4O4S/c1-2-27-19(24)14-10-6-7-11-15(14)22-17-16(23(25)26)18(21-12-20-17)28-13-8-4-3-5-9-13/h3-12H,2H2,1H3,(H,20,21,22). The third kappa shape index (κ3) is 4.44. The highest BCUT2D eigenvalue weighted by Crippen LogP contribution is 2.37. The number of hydrogen-bond acceptors (Lipinski definition) is 8. The number of carbonyl (C=O) groups excluding carboxylic acids is 1. The minimum atomic E-state index is -0.541. The van der Waals surface area contributed by atoms with Gasteiger partial charge in [-0.2, -0.15) is 0 Å². The van der Waals surface area contributed by atoms with Gasteiger partial charge >= 0.3 is 11.7 Å². The second kappa shape index (κ2) is 8.96. The molecule has 8 nitrogen and oxygen atoms in total. The van der Waals surface area contributed by atoms with Gasteiger partial charge in [-0.05, 0) is 31.2 Å². The van der Waals surface area contributed by atoms with Crippen LogP contribution in [0.1, 0.15) is 17.3 Å². The molecule has 0 saturated carbocycles. The van der Waals surface area contributed by atoms with Gasteiger partial charge in [0.15, 0.2) is 5.03 Å². The van der Waals surface area contributed by atoms with Gasteiger partial charge in [-0.3, -0.25) is 10.1 Å². The summed E-state index contributed by atoms with van der Waals surface area (Å²) in [5.74, 6) is -0.531. The zero-order valence-electron chi connectivity index (χ0n) is 14.9. The Hall–Kier alpha value is -3.46. The molecule has 0 aliphatic heterocycles. The smallest absolute Gasteiger partial charge is 0.343 e. The second-order valence-corrected chi connectivity index (χ2v) is 6.50. The highest BCUT2D eigenvalue weighted by Gasteiger charge is 2.25. The number of nitrogens with one attached hydrogen (secondary N) is 1. The number of para-hydroxylation sites is 1. The second-order valence-electron chi connectivity index (χ2n) is 5.44. The molecule has 0 unspecified atom stereocenters. The van der Waals surface area contributed by atoms with Crippen molar-refractivity contribution in [2.45, 2.75) is 16.8 Å². The third-order valence-corrected chi connectivity index (χ3v) is 4.60.